The zero-order chi connectivity index (χ0) is 14.3. The van der Waals surface area contributed by atoms with E-state index in [-0.39, 0.29) is 29.9 Å². The Labute approximate surface area is 119 Å². The third-order valence-electron chi connectivity index (χ3n) is 5.21. The SMILES string of the molecule is CC1CC(C(=O)N2CC3CCC2C(C(=O)O)C3)CCO1. The highest BCUT2D eigenvalue weighted by Crippen LogP contribution is 2.40. The summed E-state index contributed by atoms with van der Waals surface area (Å²) in [6.07, 6.45) is 4.34. The maximum atomic E-state index is 12.7. The Morgan fingerprint density at radius 3 is 2.65 bits per heavy atom. The Balaban J connectivity index is 1.72. The molecule has 0 aromatic carbocycles. The number of carboxylic acid groups (broad SMARTS) is 1. The maximum absolute atomic E-state index is 12.7. The van der Waals surface area contributed by atoms with E-state index in [4.69, 9.17) is 4.74 Å². The van der Waals surface area contributed by atoms with Crippen molar-refractivity contribution in [2.45, 2.75) is 51.2 Å². The van der Waals surface area contributed by atoms with E-state index in [2.05, 4.69) is 0 Å². The van der Waals surface area contributed by atoms with Gasteiger partial charge in [0.1, 0.15) is 0 Å². The predicted molar refractivity (Wildman–Crippen MR) is 72.1 cm³/mol. The Hall–Kier alpha value is -1.10. The van der Waals surface area contributed by atoms with E-state index in [9.17, 15) is 14.7 Å². The molecule has 1 N–H and O–H groups in total. The normalized spacial score (nSPS) is 40.6. The van der Waals surface area contributed by atoms with Gasteiger partial charge in [-0.05, 0) is 44.9 Å². The first-order chi connectivity index (χ1) is 9.56. The predicted octanol–water partition coefficient (Wildman–Crippen LogP) is 1.51. The minimum absolute atomic E-state index is 0.0209. The quantitative estimate of drug-likeness (QED) is 0.833. The van der Waals surface area contributed by atoms with E-state index in [0.717, 1.165) is 38.6 Å². The molecule has 2 bridgehead atoms. The zero-order valence-corrected chi connectivity index (χ0v) is 12.0. The molecule has 0 aromatic heterocycles. The number of carboxylic acids is 1. The molecule has 112 valence electrons. The minimum atomic E-state index is -0.738. The molecule has 20 heavy (non-hydrogen) atoms. The third kappa shape index (κ3) is 2.43. The molecule has 4 aliphatic rings. The summed E-state index contributed by atoms with van der Waals surface area (Å²) in [6, 6.07) is -0.0804. The summed E-state index contributed by atoms with van der Waals surface area (Å²) in [5, 5.41) is 9.35. The van der Waals surface area contributed by atoms with E-state index in [1.165, 1.54) is 0 Å². The highest BCUT2D eigenvalue weighted by molar-refractivity contribution is 5.81. The van der Waals surface area contributed by atoms with Crippen molar-refractivity contribution < 1.29 is 19.4 Å². The molecule has 3 aliphatic heterocycles. The van der Waals surface area contributed by atoms with Crippen LogP contribution in [0.1, 0.15) is 39.0 Å². The summed E-state index contributed by atoms with van der Waals surface area (Å²) in [7, 11) is 0. The topological polar surface area (TPSA) is 66.8 Å². The summed E-state index contributed by atoms with van der Waals surface area (Å²) >= 11 is 0. The van der Waals surface area contributed by atoms with Crippen LogP contribution in [0.25, 0.3) is 0 Å². The highest BCUT2D eigenvalue weighted by Gasteiger charge is 2.47. The van der Waals surface area contributed by atoms with Gasteiger partial charge in [0.2, 0.25) is 5.91 Å². The summed E-state index contributed by atoms with van der Waals surface area (Å²) in [5.74, 6) is -0.531. The van der Waals surface area contributed by atoms with E-state index in [0.29, 0.717) is 12.5 Å². The van der Waals surface area contributed by atoms with Gasteiger partial charge in [0.15, 0.2) is 0 Å². The molecule has 1 amide bonds. The Morgan fingerprint density at radius 1 is 1.20 bits per heavy atom. The number of aliphatic carboxylic acids is 1. The van der Waals surface area contributed by atoms with Crippen LogP contribution in [0.2, 0.25) is 0 Å². The molecule has 0 spiro atoms. The lowest BCUT2D eigenvalue weighted by Crippen LogP contribution is -2.58. The number of nitrogens with zero attached hydrogens (tertiary/aromatic N) is 1. The van der Waals surface area contributed by atoms with Crippen LogP contribution < -0.4 is 0 Å². The van der Waals surface area contributed by atoms with Gasteiger partial charge in [0.05, 0.1) is 12.0 Å². The molecule has 4 rings (SSSR count). The van der Waals surface area contributed by atoms with Gasteiger partial charge < -0.3 is 14.7 Å². The minimum Gasteiger partial charge on any atom is -0.481 e. The molecule has 4 fully saturated rings. The summed E-state index contributed by atoms with van der Waals surface area (Å²) in [4.78, 5) is 26.0. The van der Waals surface area contributed by atoms with Crippen LogP contribution in [-0.4, -0.2) is 47.2 Å². The first-order valence-electron chi connectivity index (χ1n) is 7.71. The van der Waals surface area contributed by atoms with Gasteiger partial charge in [-0.25, -0.2) is 0 Å². The summed E-state index contributed by atoms with van der Waals surface area (Å²) in [6.45, 7) is 3.41. The van der Waals surface area contributed by atoms with E-state index < -0.39 is 5.97 Å². The second kappa shape index (κ2) is 5.35. The van der Waals surface area contributed by atoms with Crippen LogP contribution in [0.15, 0.2) is 0 Å². The van der Waals surface area contributed by atoms with Crippen molar-refractivity contribution in [1.29, 1.82) is 0 Å². The lowest BCUT2D eigenvalue weighted by atomic mass is 9.72. The number of ether oxygens (including phenoxy) is 1. The van der Waals surface area contributed by atoms with E-state index >= 15 is 0 Å². The van der Waals surface area contributed by atoms with Gasteiger partial charge in [-0.15, -0.1) is 0 Å². The fourth-order valence-corrected chi connectivity index (χ4v) is 4.17. The average Bonchev–Trinajstić information content (AvgIpc) is 2.46. The van der Waals surface area contributed by atoms with Gasteiger partial charge in [-0.2, -0.15) is 0 Å². The third-order valence-corrected chi connectivity index (χ3v) is 5.21. The number of hydrogen-bond acceptors (Lipinski definition) is 3. The number of hydrogen-bond donors (Lipinski definition) is 1. The number of carbonyl (C=O) groups is 2. The first-order valence-corrected chi connectivity index (χ1v) is 7.71. The fraction of sp³-hybridized carbons (Fsp3) is 0.867. The molecule has 5 unspecified atom stereocenters. The van der Waals surface area contributed by atoms with Gasteiger partial charge in [0.25, 0.3) is 0 Å². The highest BCUT2D eigenvalue weighted by atomic mass is 16.5. The van der Waals surface area contributed by atoms with Gasteiger partial charge in [-0.3, -0.25) is 9.59 Å². The number of fused-ring (bicyclic) bond motifs is 3. The first kappa shape index (κ1) is 13.9. The van der Waals surface area contributed by atoms with Crippen LogP contribution in [0.3, 0.4) is 0 Å². The molecule has 1 aliphatic carbocycles. The molecule has 5 heteroatoms. The molecule has 0 aromatic rings. The zero-order valence-electron chi connectivity index (χ0n) is 12.0. The molecule has 0 radical (unpaired) electrons. The van der Waals surface area contributed by atoms with Crippen LogP contribution in [0.4, 0.5) is 0 Å². The Bertz CT molecular complexity index is 411. The largest absolute Gasteiger partial charge is 0.481 e. The molecule has 5 atom stereocenters. The van der Waals surface area contributed by atoms with Crippen molar-refractivity contribution in [2.75, 3.05) is 13.2 Å². The lowest BCUT2D eigenvalue weighted by molar-refractivity contribution is -0.159. The molecule has 5 nitrogen and oxygen atoms in total. The van der Waals surface area contributed by atoms with Crippen LogP contribution in [-0.2, 0) is 14.3 Å². The van der Waals surface area contributed by atoms with Gasteiger partial charge >= 0.3 is 5.97 Å². The molecule has 3 heterocycles. The average molecular weight is 281 g/mol. The van der Waals surface area contributed by atoms with Crippen molar-refractivity contribution in [3.8, 4) is 0 Å². The number of piperidine rings is 2. The lowest BCUT2D eigenvalue weighted by Gasteiger charge is -2.49. The number of amides is 1. The molecule has 1 saturated carbocycles. The van der Waals surface area contributed by atoms with Crippen molar-refractivity contribution >= 4 is 11.9 Å². The Morgan fingerprint density at radius 2 is 2.00 bits per heavy atom. The Kier molecular flexibility index (Phi) is 3.71. The maximum Gasteiger partial charge on any atom is 0.308 e. The fourth-order valence-electron chi connectivity index (χ4n) is 4.17. The van der Waals surface area contributed by atoms with Crippen molar-refractivity contribution in [1.82, 2.24) is 4.90 Å². The van der Waals surface area contributed by atoms with E-state index in [1.807, 2.05) is 11.8 Å². The molecular weight excluding hydrogens is 258 g/mol. The summed E-state index contributed by atoms with van der Waals surface area (Å²) < 4.78 is 5.50. The van der Waals surface area contributed by atoms with Gasteiger partial charge in [0, 0.05) is 25.1 Å². The van der Waals surface area contributed by atoms with Crippen LogP contribution in [0, 0.1) is 17.8 Å². The smallest absolute Gasteiger partial charge is 0.308 e. The van der Waals surface area contributed by atoms with Gasteiger partial charge in [-0.1, -0.05) is 0 Å². The standard InChI is InChI=1S/C15H23NO4/c1-9-6-11(4-5-20-9)14(17)16-8-10-2-3-13(16)12(7-10)15(18)19/h9-13H,2-8H2,1H3,(H,18,19). The second-order valence-corrected chi connectivity index (χ2v) is 6.58. The second-order valence-electron chi connectivity index (χ2n) is 6.58. The monoisotopic (exact) mass is 281 g/mol. The molecular formula is C15H23NO4. The number of rotatable bonds is 2. The van der Waals surface area contributed by atoms with Crippen molar-refractivity contribution in [3.63, 3.8) is 0 Å². The van der Waals surface area contributed by atoms with Crippen molar-refractivity contribution in [3.05, 3.63) is 0 Å². The number of carbonyl (C=O) groups excluding carboxylic acids is 1. The van der Waals surface area contributed by atoms with Crippen molar-refractivity contribution in [2.24, 2.45) is 17.8 Å². The van der Waals surface area contributed by atoms with Crippen LogP contribution in [0.5, 0.6) is 0 Å². The molecule has 3 saturated heterocycles. The van der Waals surface area contributed by atoms with E-state index in [1.54, 1.807) is 0 Å². The van der Waals surface area contributed by atoms with Crippen LogP contribution >= 0.6 is 0 Å². The summed E-state index contributed by atoms with van der Waals surface area (Å²) in [5.41, 5.74) is 0.